The Labute approximate surface area is 140 Å². The van der Waals surface area contributed by atoms with E-state index in [0.717, 1.165) is 12.1 Å². The maximum absolute atomic E-state index is 12.2. The fourth-order valence-electron chi connectivity index (χ4n) is 2.60. The summed E-state index contributed by atoms with van der Waals surface area (Å²) in [5.74, 6) is 0.617. The number of hydrogen-bond acceptors (Lipinski definition) is 5. The Morgan fingerprint density at radius 1 is 1.25 bits per heavy atom. The molecule has 7 heteroatoms. The summed E-state index contributed by atoms with van der Waals surface area (Å²) in [5, 5.41) is 5.92. The van der Waals surface area contributed by atoms with Crippen molar-refractivity contribution < 1.29 is 9.59 Å². The highest BCUT2D eigenvalue weighted by atomic mass is 16.2. The number of benzene rings is 1. The van der Waals surface area contributed by atoms with Crippen molar-refractivity contribution in [2.24, 2.45) is 0 Å². The van der Waals surface area contributed by atoms with Gasteiger partial charge in [0.15, 0.2) is 0 Å². The second-order valence-corrected chi connectivity index (χ2v) is 5.47. The second-order valence-electron chi connectivity index (χ2n) is 5.47. The molecule has 2 N–H and O–H groups in total. The van der Waals surface area contributed by atoms with Crippen LogP contribution >= 0.6 is 0 Å². The molecule has 2 amide bonds. The van der Waals surface area contributed by atoms with Gasteiger partial charge in [0, 0.05) is 49.7 Å². The van der Waals surface area contributed by atoms with Gasteiger partial charge in [0.2, 0.25) is 5.91 Å². The molecule has 1 aliphatic heterocycles. The molecule has 2 heterocycles. The summed E-state index contributed by atoms with van der Waals surface area (Å²) < 4.78 is 0. The van der Waals surface area contributed by atoms with Gasteiger partial charge >= 0.3 is 0 Å². The SMILES string of the molecule is O=C(NCCNc1cnccn1)c1cccc(N2CCCC2=O)c1. The van der Waals surface area contributed by atoms with Crippen LogP contribution in [0.15, 0.2) is 42.9 Å². The smallest absolute Gasteiger partial charge is 0.251 e. The molecule has 0 radical (unpaired) electrons. The van der Waals surface area contributed by atoms with Crippen molar-refractivity contribution in [3.8, 4) is 0 Å². The second kappa shape index (κ2) is 7.54. The van der Waals surface area contributed by atoms with Crippen molar-refractivity contribution in [3.63, 3.8) is 0 Å². The molecular weight excluding hydrogens is 306 g/mol. The minimum atomic E-state index is -0.163. The van der Waals surface area contributed by atoms with Gasteiger partial charge in [0.1, 0.15) is 5.82 Å². The van der Waals surface area contributed by atoms with Gasteiger partial charge in [-0.25, -0.2) is 4.98 Å². The van der Waals surface area contributed by atoms with Crippen LogP contribution in [0.25, 0.3) is 0 Å². The van der Waals surface area contributed by atoms with Crippen LogP contribution in [0.2, 0.25) is 0 Å². The molecule has 1 aromatic heterocycles. The number of hydrogen-bond donors (Lipinski definition) is 2. The summed E-state index contributed by atoms with van der Waals surface area (Å²) in [6.07, 6.45) is 6.27. The van der Waals surface area contributed by atoms with Crippen molar-refractivity contribution in [1.82, 2.24) is 15.3 Å². The maximum atomic E-state index is 12.2. The lowest BCUT2D eigenvalue weighted by atomic mass is 10.1. The molecule has 0 unspecified atom stereocenters. The standard InChI is InChI=1S/C17H19N5O2/c23-16-5-2-10-22(16)14-4-1-3-13(11-14)17(24)21-9-8-20-15-12-18-6-7-19-15/h1,3-4,6-7,11-12H,2,5,8-10H2,(H,19,20)(H,21,24). The van der Waals surface area contributed by atoms with Crippen LogP contribution in [0, 0.1) is 0 Å². The summed E-state index contributed by atoms with van der Waals surface area (Å²) in [6, 6.07) is 7.16. The summed E-state index contributed by atoms with van der Waals surface area (Å²) in [5.41, 5.74) is 1.33. The Hall–Kier alpha value is -2.96. The molecule has 0 spiro atoms. The molecule has 0 aliphatic carbocycles. The topological polar surface area (TPSA) is 87.2 Å². The van der Waals surface area contributed by atoms with E-state index in [9.17, 15) is 9.59 Å². The van der Waals surface area contributed by atoms with Crippen LogP contribution in [0.5, 0.6) is 0 Å². The van der Waals surface area contributed by atoms with E-state index in [-0.39, 0.29) is 11.8 Å². The van der Waals surface area contributed by atoms with Gasteiger partial charge in [-0.05, 0) is 24.6 Å². The number of nitrogens with one attached hydrogen (secondary N) is 2. The first kappa shape index (κ1) is 15.9. The quantitative estimate of drug-likeness (QED) is 0.785. The zero-order chi connectivity index (χ0) is 16.8. The first-order chi connectivity index (χ1) is 11.7. The lowest BCUT2D eigenvalue weighted by Crippen LogP contribution is -2.29. The number of anilines is 2. The van der Waals surface area contributed by atoms with E-state index in [1.807, 2.05) is 6.07 Å². The van der Waals surface area contributed by atoms with Crippen LogP contribution in [0.4, 0.5) is 11.5 Å². The largest absolute Gasteiger partial charge is 0.367 e. The van der Waals surface area contributed by atoms with E-state index in [4.69, 9.17) is 0 Å². The lowest BCUT2D eigenvalue weighted by Gasteiger charge is -2.16. The van der Waals surface area contributed by atoms with Crippen molar-refractivity contribution >= 4 is 23.3 Å². The fraction of sp³-hybridized carbons (Fsp3) is 0.294. The number of aromatic nitrogens is 2. The molecule has 124 valence electrons. The molecule has 2 aromatic rings. The average molecular weight is 325 g/mol. The highest BCUT2D eigenvalue weighted by Gasteiger charge is 2.22. The summed E-state index contributed by atoms with van der Waals surface area (Å²) >= 11 is 0. The molecule has 1 aliphatic rings. The Balaban J connectivity index is 1.52. The van der Waals surface area contributed by atoms with Crippen LogP contribution < -0.4 is 15.5 Å². The first-order valence-electron chi connectivity index (χ1n) is 7.92. The minimum absolute atomic E-state index is 0.112. The van der Waals surface area contributed by atoms with Gasteiger partial charge in [-0.15, -0.1) is 0 Å². The third-order valence-electron chi connectivity index (χ3n) is 3.77. The van der Waals surface area contributed by atoms with E-state index in [1.165, 1.54) is 0 Å². The van der Waals surface area contributed by atoms with Crippen molar-refractivity contribution in [1.29, 1.82) is 0 Å². The molecule has 3 rings (SSSR count). The Morgan fingerprint density at radius 2 is 2.17 bits per heavy atom. The minimum Gasteiger partial charge on any atom is -0.367 e. The molecule has 24 heavy (non-hydrogen) atoms. The predicted octanol–water partition coefficient (Wildman–Crippen LogP) is 1.45. The normalized spacial score (nSPS) is 13.8. The molecule has 0 atom stereocenters. The third-order valence-corrected chi connectivity index (χ3v) is 3.77. The Kier molecular flexibility index (Phi) is 5.00. The van der Waals surface area contributed by atoms with Crippen LogP contribution in [-0.4, -0.2) is 41.4 Å². The number of carbonyl (C=O) groups excluding carboxylic acids is 2. The van der Waals surface area contributed by atoms with E-state index in [1.54, 1.807) is 41.7 Å². The van der Waals surface area contributed by atoms with Gasteiger partial charge in [0.25, 0.3) is 5.91 Å². The zero-order valence-corrected chi connectivity index (χ0v) is 13.2. The van der Waals surface area contributed by atoms with Gasteiger partial charge in [0.05, 0.1) is 6.20 Å². The first-order valence-corrected chi connectivity index (χ1v) is 7.92. The lowest BCUT2D eigenvalue weighted by molar-refractivity contribution is -0.117. The highest BCUT2D eigenvalue weighted by Crippen LogP contribution is 2.22. The molecule has 7 nitrogen and oxygen atoms in total. The number of amides is 2. The monoisotopic (exact) mass is 325 g/mol. The fourth-order valence-corrected chi connectivity index (χ4v) is 2.60. The Morgan fingerprint density at radius 3 is 2.92 bits per heavy atom. The number of nitrogens with zero attached hydrogens (tertiary/aromatic N) is 3. The Bertz CT molecular complexity index is 720. The summed E-state index contributed by atoms with van der Waals surface area (Å²) in [6.45, 7) is 1.73. The van der Waals surface area contributed by atoms with Crippen molar-refractivity contribution in [2.75, 3.05) is 29.9 Å². The molecule has 1 saturated heterocycles. The van der Waals surface area contributed by atoms with Gasteiger partial charge in [-0.2, -0.15) is 0 Å². The molecule has 1 fully saturated rings. The molecule has 0 bridgehead atoms. The predicted molar refractivity (Wildman–Crippen MR) is 90.9 cm³/mol. The molecule has 0 saturated carbocycles. The van der Waals surface area contributed by atoms with E-state index in [0.29, 0.717) is 37.4 Å². The van der Waals surface area contributed by atoms with Gasteiger partial charge in [-0.3, -0.25) is 14.6 Å². The summed E-state index contributed by atoms with van der Waals surface area (Å²) in [7, 11) is 0. The van der Waals surface area contributed by atoms with Crippen LogP contribution in [0.1, 0.15) is 23.2 Å². The van der Waals surface area contributed by atoms with E-state index in [2.05, 4.69) is 20.6 Å². The van der Waals surface area contributed by atoms with E-state index < -0.39 is 0 Å². The van der Waals surface area contributed by atoms with E-state index >= 15 is 0 Å². The highest BCUT2D eigenvalue weighted by molar-refractivity contribution is 5.99. The number of carbonyl (C=O) groups is 2. The zero-order valence-electron chi connectivity index (χ0n) is 13.2. The van der Waals surface area contributed by atoms with Gasteiger partial charge < -0.3 is 15.5 Å². The molecule has 1 aromatic carbocycles. The maximum Gasteiger partial charge on any atom is 0.251 e. The van der Waals surface area contributed by atoms with Crippen LogP contribution in [0.3, 0.4) is 0 Å². The van der Waals surface area contributed by atoms with Crippen molar-refractivity contribution in [3.05, 3.63) is 48.4 Å². The third kappa shape index (κ3) is 3.87. The summed E-state index contributed by atoms with van der Waals surface area (Å²) in [4.78, 5) is 33.8. The van der Waals surface area contributed by atoms with Crippen molar-refractivity contribution in [2.45, 2.75) is 12.8 Å². The molecular formula is C17H19N5O2. The van der Waals surface area contributed by atoms with Gasteiger partial charge in [-0.1, -0.05) is 6.07 Å². The average Bonchev–Trinajstić information content (AvgIpc) is 3.05. The number of rotatable bonds is 6. The van der Waals surface area contributed by atoms with Crippen LogP contribution in [-0.2, 0) is 4.79 Å².